The van der Waals surface area contributed by atoms with Gasteiger partial charge in [-0.1, -0.05) is 24.3 Å². The molecular formula is C20H23NOS. The van der Waals surface area contributed by atoms with Gasteiger partial charge in [0.2, 0.25) is 0 Å². The molecule has 1 aliphatic carbocycles. The Labute approximate surface area is 142 Å². The van der Waals surface area contributed by atoms with Crippen molar-refractivity contribution in [2.24, 2.45) is 5.92 Å². The quantitative estimate of drug-likeness (QED) is 0.771. The number of para-hydroxylation sites is 1. The van der Waals surface area contributed by atoms with Crippen molar-refractivity contribution in [2.75, 3.05) is 25.1 Å². The zero-order valence-corrected chi connectivity index (χ0v) is 14.4. The maximum atomic E-state index is 5.41. The van der Waals surface area contributed by atoms with E-state index >= 15 is 0 Å². The minimum atomic E-state index is 0.496. The summed E-state index contributed by atoms with van der Waals surface area (Å²) in [7, 11) is 1.74. The third-order valence-corrected chi connectivity index (χ3v) is 6.17. The lowest BCUT2D eigenvalue weighted by Crippen LogP contribution is -2.26. The lowest BCUT2D eigenvalue weighted by molar-refractivity contribution is 0.414. The SMILES string of the molecule is COc1cccc([C@@H]2CCN(CC3CC3)c3ccccc3S2)c1. The van der Waals surface area contributed by atoms with Crippen LogP contribution in [0, 0.1) is 5.92 Å². The molecule has 23 heavy (non-hydrogen) atoms. The first-order chi connectivity index (χ1) is 11.3. The fourth-order valence-electron chi connectivity index (χ4n) is 3.30. The lowest BCUT2D eigenvalue weighted by Gasteiger charge is -2.24. The Kier molecular flexibility index (Phi) is 4.21. The van der Waals surface area contributed by atoms with Crippen molar-refractivity contribution in [1.29, 1.82) is 0 Å². The average Bonchev–Trinajstić information content (AvgIpc) is 3.43. The number of anilines is 1. The number of hydrogen-bond acceptors (Lipinski definition) is 3. The summed E-state index contributed by atoms with van der Waals surface area (Å²) in [5.74, 6) is 1.87. The summed E-state index contributed by atoms with van der Waals surface area (Å²) in [4.78, 5) is 4.03. The molecule has 0 unspecified atom stereocenters. The summed E-state index contributed by atoms with van der Waals surface area (Å²) in [5, 5.41) is 0.496. The predicted molar refractivity (Wildman–Crippen MR) is 97.6 cm³/mol. The van der Waals surface area contributed by atoms with E-state index < -0.39 is 0 Å². The average molecular weight is 325 g/mol. The molecule has 0 spiro atoms. The van der Waals surface area contributed by atoms with E-state index in [-0.39, 0.29) is 0 Å². The Morgan fingerprint density at radius 2 is 1.96 bits per heavy atom. The Bertz CT molecular complexity index is 683. The number of fused-ring (bicyclic) bond motifs is 1. The maximum Gasteiger partial charge on any atom is 0.119 e. The molecule has 2 aromatic carbocycles. The predicted octanol–water partition coefficient (Wildman–Crippen LogP) is 5.15. The van der Waals surface area contributed by atoms with Crippen LogP contribution in [0.2, 0.25) is 0 Å². The van der Waals surface area contributed by atoms with Gasteiger partial charge in [-0.2, -0.15) is 0 Å². The van der Waals surface area contributed by atoms with Crippen LogP contribution in [-0.4, -0.2) is 20.2 Å². The first-order valence-electron chi connectivity index (χ1n) is 8.48. The van der Waals surface area contributed by atoms with Gasteiger partial charge >= 0.3 is 0 Å². The number of hydrogen-bond donors (Lipinski definition) is 0. The molecule has 0 N–H and O–H groups in total. The van der Waals surface area contributed by atoms with Gasteiger partial charge in [-0.3, -0.25) is 0 Å². The number of methoxy groups -OCH3 is 1. The third kappa shape index (κ3) is 3.35. The van der Waals surface area contributed by atoms with Gasteiger partial charge in [0.1, 0.15) is 5.75 Å². The van der Waals surface area contributed by atoms with Crippen molar-refractivity contribution in [3.05, 3.63) is 54.1 Å². The van der Waals surface area contributed by atoms with Gasteiger partial charge in [-0.15, -0.1) is 11.8 Å². The minimum absolute atomic E-state index is 0.496. The standard InChI is InChI=1S/C20H23NOS/c1-22-17-6-4-5-16(13-17)19-11-12-21(14-15-9-10-15)18-7-2-3-8-20(18)23-19/h2-8,13,15,19H,9-12,14H2,1H3/t19-/m0/s1. The second kappa shape index (κ2) is 6.48. The molecule has 3 heteroatoms. The van der Waals surface area contributed by atoms with Crippen LogP contribution < -0.4 is 9.64 Å². The Morgan fingerprint density at radius 1 is 1.09 bits per heavy atom. The van der Waals surface area contributed by atoms with Crippen molar-refractivity contribution in [3.63, 3.8) is 0 Å². The molecule has 0 aromatic heterocycles. The molecule has 0 saturated heterocycles. The molecule has 1 saturated carbocycles. The van der Waals surface area contributed by atoms with Crippen LogP contribution in [0.5, 0.6) is 5.75 Å². The highest BCUT2D eigenvalue weighted by Crippen LogP contribution is 2.46. The fourth-order valence-corrected chi connectivity index (χ4v) is 4.59. The zero-order valence-electron chi connectivity index (χ0n) is 13.6. The molecule has 0 amide bonds. The van der Waals surface area contributed by atoms with E-state index in [0.29, 0.717) is 5.25 Å². The molecule has 2 aromatic rings. The second-order valence-corrected chi connectivity index (χ2v) is 7.77. The highest BCUT2D eigenvalue weighted by atomic mass is 32.2. The molecule has 2 aliphatic rings. The maximum absolute atomic E-state index is 5.41. The smallest absolute Gasteiger partial charge is 0.119 e. The number of benzene rings is 2. The first-order valence-corrected chi connectivity index (χ1v) is 9.36. The molecular weight excluding hydrogens is 302 g/mol. The molecule has 4 rings (SSSR count). The van der Waals surface area contributed by atoms with E-state index in [1.807, 2.05) is 17.8 Å². The molecule has 1 aliphatic heterocycles. The first kappa shape index (κ1) is 14.9. The lowest BCUT2D eigenvalue weighted by atomic mass is 10.1. The summed E-state index contributed by atoms with van der Waals surface area (Å²) < 4.78 is 5.41. The summed E-state index contributed by atoms with van der Waals surface area (Å²) >= 11 is 2.00. The number of ether oxygens (including phenoxy) is 1. The Hall–Kier alpha value is -1.61. The summed E-state index contributed by atoms with van der Waals surface area (Å²) in [6, 6.07) is 17.5. The van der Waals surface area contributed by atoms with Gasteiger partial charge in [0.05, 0.1) is 12.8 Å². The zero-order chi connectivity index (χ0) is 15.6. The highest BCUT2D eigenvalue weighted by molar-refractivity contribution is 7.99. The van der Waals surface area contributed by atoms with E-state index in [0.717, 1.165) is 18.2 Å². The van der Waals surface area contributed by atoms with Gasteiger partial charge in [-0.25, -0.2) is 0 Å². The van der Waals surface area contributed by atoms with Crippen LogP contribution in [0.1, 0.15) is 30.1 Å². The van der Waals surface area contributed by atoms with E-state index in [9.17, 15) is 0 Å². The summed E-state index contributed by atoms with van der Waals surface area (Å²) in [6.07, 6.45) is 4.00. The fraction of sp³-hybridized carbons (Fsp3) is 0.400. The van der Waals surface area contributed by atoms with E-state index in [1.54, 1.807) is 7.11 Å². The monoisotopic (exact) mass is 325 g/mol. The van der Waals surface area contributed by atoms with Gasteiger partial charge < -0.3 is 9.64 Å². The third-order valence-electron chi connectivity index (χ3n) is 4.78. The van der Waals surface area contributed by atoms with Crippen molar-refractivity contribution in [2.45, 2.75) is 29.4 Å². The van der Waals surface area contributed by atoms with Crippen molar-refractivity contribution >= 4 is 17.4 Å². The molecule has 2 nitrogen and oxygen atoms in total. The van der Waals surface area contributed by atoms with Crippen LogP contribution in [0.15, 0.2) is 53.4 Å². The topological polar surface area (TPSA) is 12.5 Å². The largest absolute Gasteiger partial charge is 0.497 e. The normalized spacial score (nSPS) is 20.7. The van der Waals surface area contributed by atoms with Crippen LogP contribution in [-0.2, 0) is 0 Å². The molecule has 0 bridgehead atoms. The highest BCUT2D eigenvalue weighted by Gasteiger charge is 2.28. The number of nitrogens with zero attached hydrogens (tertiary/aromatic N) is 1. The number of rotatable bonds is 4. The van der Waals surface area contributed by atoms with Crippen LogP contribution in [0.4, 0.5) is 5.69 Å². The van der Waals surface area contributed by atoms with E-state index in [4.69, 9.17) is 4.74 Å². The summed E-state index contributed by atoms with van der Waals surface area (Å²) in [5.41, 5.74) is 2.80. The van der Waals surface area contributed by atoms with Gasteiger partial charge in [0.15, 0.2) is 0 Å². The second-order valence-electron chi connectivity index (χ2n) is 6.53. The van der Waals surface area contributed by atoms with E-state index in [2.05, 4.69) is 47.4 Å². The van der Waals surface area contributed by atoms with Gasteiger partial charge in [0.25, 0.3) is 0 Å². The molecule has 1 heterocycles. The Morgan fingerprint density at radius 3 is 2.78 bits per heavy atom. The van der Waals surface area contributed by atoms with Crippen molar-refractivity contribution in [3.8, 4) is 5.75 Å². The van der Waals surface area contributed by atoms with Crippen molar-refractivity contribution < 1.29 is 4.74 Å². The van der Waals surface area contributed by atoms with E-state index in [1.165, 1.54) is 42.0 Å². The minimum Gasteiger partial charge on any atom is -0.497 e. The Balaban J connectivity index is 1.62. The van der Waals surface area contributed by atoms with Crippen LogP contribution >= 0.6 is 11.8 Å². The van der Waals surface area contributed by atoms with Crippen LogP contribution in [0.25, 0.3) is 0 Å². The molecule has 1 atom stereocenters. The van der Waals surface area contributed by atoms with Crippen LogP contribution in [0.3, 0.4) is 0 Å². The van der Waals surface area contributed by atoms with Crippen molar-refractivity contribution in [1.82, 2.24) is 0 Å². The molecule has 120 valence electrons. The van der Waals surface area contributed by atoms with Gasteiger partial charge in [0, 0.05) is 23.2 Å². The summed E-state index contributed by atoms with van der Waals surface area (Å²) in [6.45, 7) is 2.37. The molecule has 0 radical (unpaired) electrons. The number of thioether (sulfide) groups is 1. The molecule has 1 fully saturated rings. The van der Waals surface area contributed by atoms with Gasteiger partial charge in [-0.05, 0) is 55.0 Å².